The Kier molecular flexibility index (Phi) is 5.44. The summed E-state index contributed by atoms with van der Waals surface area (Å²) in [5, 5.41) is 4.40. The van der Waals surface area contributed by atoms with Gasteiger partial charge in [-0.2, -0.15) is 5.10 Å². The van der Waals surface area contributed by atoms with E-state index in [9.17, 15) is 9.59 Å². The van der Waals surface area contributed by atoms with Crippen LogP contribution in [-0.2, 0) is 6.42 Å². The molecule has 1 fully saturated rings. The lowest BCUT2D eigenvalue weighted by Gasteiger charge is -2.34. The van der Waals surface area contributed by atoms with Crippen molar-refractivity contribution in [1.29, 1.82) is 0 Å². The van der Waals surface area contributed by atoms with E-state index < -0.39 is 0 Å². The zero-order chi connectivity index (χ0) is 20.4. The van der Waals surface area contributed by atoms with Crippen LogP contribution >= 0.6 is 11.3 Å². The molecule has 2 amide bonds. The quantitative estimate of drug-likeness (QED) is 0.664. The molecular weight excluding hydrogens is 386 g/mol. The summed E-state index contributed by atoms with van der Waals surface area (Å²) in [6.45, 7) is 6.12. The highest BCUT2D eigenvalue weighted by molar-refractivity contribution is 7.13. The van der Waals surface area contributed by atoms with Gasteiger partial charge in [0.1, 0.15) is 0 Å². The van der Waals surface area contributed by atoms with Crippen LogP contribution in [0.2, 0.25) is 0 Å². The molecule has 8 heteroatoms. The molecule has 1 aliphatic heterocycles. The topological polar surface area (TPSA) is 71.3 Å². The number of carbonyl (C=O) groups is 2. The number of aromatic nitrogens is 3. The predicted molar refractivity (Wildman–Crippen MR) is 112 cm³/mol. The highest BCUT2D eigenvalue weighted by Gasteiger charge is 2.28. The molecule has 0 bridgehead atoms. The van der Waals surface area contributed by atoms with Crippen LogP contribution in [0.3, 0.4) is 0 Å². The Bertz CT molecular complexity index is 1020. The second kappa shape index (κ2) is 8.16. The minimum Gasteiger partial charge on any atom is -0.335 e. The van der Waals surface area contributed by atoms with E-state index in [2.05, 4.69) is 10.1 Å². The van der Waals surface area contributed by atoms with Crippen molar-refractivity contribution in [2.75, 3.05) is 26.2 Å². The molecule has 0 atom stereocenters. The molecule has 0 saturated carbocycles. The van der Waals surface area contributed by atoms with Crippen molar-refractivity contribution in [3.05, 3.63) is 63.7 Å². The molecule has 0 aromatic carbocycles. The molecule has 0 aliphatic carbocycles. The Morgan fingerprint density at radius 2 is 1.76 bits per heavy atom. The van der Waals surface area contributed by atoms with Gasteiger partial charge in [0.05, 0.1) is 22.3 Å². The summed E-state index contributed by atoms with van der Waals surface area (Å²) < 4.78 is 1.73. The lowest BCUT2D eigenvalue weighted by Crippen LogP contribution is -2.50. The molecule has 150 valence electrons. The lowest BCUT2D eigenvalue weighted by atomic mass is 10.1. The van der Waals surface area contributed by atoms with Crippen molar-refractivity contribution in [2.45, 2.75) is 20.3 Å². The van der Waals surface area contributed by atoms with Crippen molar-refractivity contribution >= 4 is 23.2 Å². The molecule has 4 rings (SSSR count). The number of amides is 2. The van der Waals surface area contributed by atoms with Gasteiger partial charge in [0.2, 0.25) is 0 Å². The SMILES string of the molecule is CCc1c(C(=O)N2CCN(C(=O)c3ccc(C)s3)CC2)cnn1-c1ccccn1. The average Bonchev–Trinajstić information content (AvgIpc) is 3.39. The van der Waals surface area contributed by atoms with Gasteiger partial charge in [-0.25, -0.2) is 9.67 Å². The second-order valence-electron chi connectivity index (χ2n) is 6.95. The predicted octanol–water partition coefficient (Wildman–Crippen LogP) is 2.80. The zero-order valence-electron chi connectivity index (χ0n) is 16.5. The van der Waals surface area contributed by atoms with E-state index >= 15 is 0 Å². The number of hydrogen-bond donors (Lipinski definition) is 0. The van der Waals surface area contributed by atoms with E-state index in [1.807, 2.05) is 54.0 Å². The standard InChI is InChI=1S/C21H23N5O2S/c1-3-17-16(14-23-26(17)19-6-4-5-9-22-19)20(27)24-10-12-25(13-11-24)21(28)18-8-7-15(2)29-18/h4-9,14H,3,10-13H2,1-2H3. The normalized spacial score (nSPS) is 14.3. The molecule has 7 nitrogen and oxygen atoms in total. The Labute approximate surface area is 173 Å². The monoisotopic (exact) mass is 409 g/mol. The van der Waals surface area contributed by atoms with Crippen molar-refractivity contribution < 1.29 is 9.59 Å². The van der Waals surface area contributed by atoms with Crippen LogP contribution in [0.4, 0.5) is 0 Å². The van der Waals surface area contributed by atoms with Crippen LogP contribution in [0.1, 0.15) is 37.5 Å². The van der Waals surface area contributed by atoms with E-state index in [1.165, 1.54) is 11.3 Å². The fourth-order valence-corrected chi connectivity index (χ4v) is 4.39. The Hall–Kier alpha value is -3.00. The van der Waals surface area contributed by atoms with Crippen molar-refractivity contribution in [3.63, 3.8) is 0 Å². The minimum atomic E-state index is -0.0388. The summed E-state index contributed by atoms with van der Waals surface area (Å²) in [7, 11) is 0. The molecular formula is C21H23N5O2S. The van der Waals surface area contributed by atoms with E-state index in [1.54, 1.807) is 17.1 Å². The zero-order valence-corrected chi connectivity index (χ0v) is 17.4. The minimum absolute atomic E-state index is 0.0388. The Balaban J connectivity index is 1.46. The molecule has 1 aliphatic rings. The maximum Gasteiger partial charge on any atom is 0.264 e. The maximum atomic E-state index is 13.1. The number of hydrogen-bond acceptors (Lipinski definition) is 5. The molecule has 0 radical (unpaired) electrons. The van der Waals surface area contributed by atoms with Gasteiger partial charge < -0.3 is 9.80 Å². The number of nitrogens with zero attached hydrogens (tertiary/aromatic N) is 5. The van der Waals surface area contributed by atoms with Crippen LogP contribution in [0.25, 0.3) is 5.82 Å². The number of thiophene rings is 1. The van der Waals surface area contributed by atoms with Gasteiger partial charge in [0.25, 0.3) is 11.8 Å². The Morgan fingerprint density at radius 1 is 1.03 bits per heavy atom. The molecule has 0 unspecified atom stereocenters. The fourth-order valence-electron chi connectivity index (χ4n) is 3.56. The molecule has 1 saturated heterocycles. The van der Waals surface area contributed by atoms with E-state index in [0.717, 1.165) is 15.4 Å². The van der Waals surface area contributed by atoms with Crippen LogP contribution in [0.5, 0.6) is 0 Å². The van der Waals surface area contributed by atoms with E-state index in [4.69, 9.17) is 0 Å². The summed E-state index contributed by atoms with van der Waals surface area (Å²) in [5.74, 6) is 0.709. The molecule has 3 aromatic rings. The summed E-state index contributed by atoms with van der Waals surface area (Å²) in [4.78, 5) is 35.6. The summed E-state index contributed by atoms with van der Waals surface area (Å²) in [5.41, 5.74) is 1.45. The molecule has 0 N–H and O–H groups in total. The molecule has 0 spiro atoms. The lowest BCUT2D eigenvalue weighted by molar-refractivity contribution is 0.0537. The van der Waals surface area contributed by atoms with Gasteiger partial charge in [-0.05, 0) is 37.6 Å². The molecule has 3 aromatic heterocycles. The molecule has 4 heterocycles. The summed E-state index contributed by atoms with van der Waals surface area (Å²) in [6.07, 6.45) is 4.01. The van der Waals surface area contributed by atoms with Gasteiger partial charge in [0.15, 0.2) is 5.82 Å². The maximum absolute atomic E-state index is 13.1. The van der Waals surface area contributed by atoms with Crippen molar-refractivity contribution in [3.8, 4) is 5.82 Å². The van der Waals surface area contributed by atoms with Gasteiger partial charge in [0, 0.05) is 37.3 Å². The number of rotatable bonds is 4. The number of aryl methyl sites for hydroxylation is 1. The van der Waals surface area contributed by atoms with Crippen LogP contribution in [0.15, 0.2) is 42.7 Å². The first kappa shape index (κ1) is 19.3. The third kappa shape index (κ3) is 3.80. The first-order valence-electron chi connectivity index (χ1n) is 9.71. The van der Waals surface area contributed by atoms with Gasteiger partial charge >= 0.3 is 0 Å². The van der Waals surface area contributed by atoms with Crippen LogP contribution in [0, 0.1) is 6.92 Å². The largest absolute Gasteiger partial charge is 0.335 e. The highest BCUT2D eigenvalue weighted by Crippen LogP contribution is 2.20. The highest BCUT2D eigenvalue weighted by atomic mass is 32.1. The van der Waals surface area contributed by atoms with Crippen LogP contribution in [-0.4, -0.2) is 62.6 Å². The number of piperazine rings is 1. The van der Waals surface area contributed by atoms with E-state index in [-0.39, 0.29) is 11.8 Å². The van der Waals surface area contributed by atoms with Crippen molar-refractivity contribution in [2.24, 2.45) is 0 Å². The third-order valence-electron chi connectivity index (χ3n) is 5.11. The van der Waals surface area contributed by atoms with Gasteiger partial charge in [-0.15, -0.1) is 11.3 Å². The van der Waals surface area contributed by atoms with Crippen LogP contribution < -0.4 is 0 Å². The summed E-state index contributed by atoms with van der Waals surface area (Å²) >= 11 is 1.51. The van der Waals surface area contributed by atoms with Gasteiger partial charge in [-0.1, -0.05) is 13.0 Å². The average molecular weight is 410 g/mol. The first-order chi connectivity index (χ1) is 14.1. The van der Waals surface area contributed by atoms with E-state index in [0.29, 0.717) is 44.0 Å². The first-order valence-corrected chi connectivity index (χ1v) is 10.5. The summed E-state index contributed by atoms with van der Waals surface area (Å²) in [6, 6.07) is 9.46. The van der Waals surface area contributed by atoms with Crippen molar-refractivity contribution in [1.82, 2.24) is 24.6 Å². The fraction of sp³-hybridized carbons (Fsp3) is 0.333. The smallest absolute Gasteiger partial charge is 0.264 e. The molecule has 29 heavy (non-hydrogen) atoms. The number of pyridine rings is 1. The third-order valence-corrected chi connectivity index (χ3v) is 6.09. The van der Waals surface area contributed by atoms with Gasteiger partial charge in [-0.3, -0.25) is 9.59 Å². The Morgan fingerprint density at radius 3 is 2.34 bits per heavy atom. The second-order valence-corrected chi connectivity index (χ2v) is 8.24. The number of carbonyl (C=O) groups excluding carboxylic acids is 2.